The van der Waals surface area contributed by atoms with Crippen molar-refractivity contribution in [3.05, 3.63) is 53.2 Å². The maximum Gasteiger partial charge on any atom is 0.269 e. The first-order valence-electron chi connectivity index (χ1n) is 11.8. The van der Waals surface area contributed by atoms with Gasteiger partial charge < -0.3 is 20.2 Å². The van der Waals surface area contributed by atoms with Crippen LogP contribution >= 0.6 is 0 Å². The molecule has 3 aromatic rings. The number of hydrogen-bond donors (Lipinski definition) is 2. The van der Waals surface area contributed by atoms with Crippen LogP contribution in [0.5, 0.6) is 0 Å². The number of unbranched alkanes of at least 4 members (excludes halogenated alkanes) is 1. The van der Waals surface area contributed by atoms with Gasteiger partial charge in [0.05, 0.1) is 12.2 Å². The fourth-order valence-electron chi connectivity index (χ4n) is 4.88. The number of rotatable bonds is 10. The van der Waals surface area contributed by atoms with Crippen LogP contribution in [0, 0.1) is 0 Å². The molecule has 0 fully saturated rings. The Labute approximate surface area is 190 Å². The molecule has 1 aliphatic heterocycles. The van der Waals surface area contributed by atoms with Crippen molar-refractivity contribution < 1.29 is 4.79 Å². The number of amides is 1. The van der Waals surface area contributed by atoms with Crippen LogP contribution in [-0.4, -0.2) is 64.0 Å². The van der Waals surface area contributed by atoms with E-state index in [4.69, 9.17) is 10.7 Å². The van der Waals surface area contributed by atoms with E-state index in [1.54, 1.807) is 0 Å². The highest BCUT2D eigenvalue weighted by Gasteiger charge is 2.30. The van der Waals surface area contributed by atoms with Gasteiger partial charge in [-0.1, -0.05) is 38.0 Å². The second-order valence-electron chi connectivity index (χ2n) is 9.26. The molecule has 0 bridgehead atoms. The van der Waals surface area contributed by atoms with E-state index >= 15 is 0 Å². The normalized spacial score (nSPS) is 15.4. The molecule has 7 nitrogen and oxygen atoms in total. The summed E-state index contributed by atoms with van der Waals surface area (Å²) < 4.78 is 2.29. The van der Waals surface area contributed by atoms with Crippen molar-refractivity contribution >= 4 is 16.8 Å². The number of primary amides is 1. The highest BCUT2D eigenvalue weighted by molar-refractivity contribution is 5.92. The lowest BCUT2D eigenvalue weighted by atomic mass is 9.89. The fourth-order valence-corrected chi connectivity index (χ4v) is 4.88. The Hall–Kier alpha value is -2.64. The number of H-pyrrole nitrogens is 1. The monoisotopic (exact) mass is 436 g/mol. The molecular formula is C25H36N6O. The molecule has 1 amide bonds. The fraction of sp³-hybridized carbons (Fsp3) is 0.520. The SMILES string of the molecule is CCCCC(Cc1c[nH]c2ccccc12)c1c(C(N)=O)nc2n1CCN(CCN(C)C)C2. The quantitative estimate of drug-likeness (QED) is 0.511. The Kier molecular flexibility index (Phi) is 6.96. The number of para-hydroxylation sites is 1. The van der Waals surface area contributed by atoms with E-state index in [0.717, 1.165) is 75.4 Å². The zero-order valence-electron chi connectivity index (χ0n) is 19.6. The minimum absolute atomic E-state index is 0.214. The Balaban J connectivity index is 1.67. The molecule has 0 saturated heterocycles. The van der Waals surface area contributed by atoms with Crippen LogP contribution in [0.3, 0.4) is 0 Å². The molecule has 0 spiro atoms. The molecular weight excluding hydrogens is 400 g/mol. The molecule has 7 heteroatoms. The summed E-state index contributed by atoms with van der Waals surface area (Å²) in [5, 5.41) is 1.25. The predicted molar refractivity (Wildman–Crippen MR) is 129 cm³/mol. The molecule has 2 aromatic heterocycles. The number of benzene rings is 1. The largest absolute Gasteiger partial charge is 0.364 e. The van der Waals surface area contributed by atoms with Crippen LogP contribution in [-0.2, 0) is 19.5 Å². The molecule has 172 valence electrons. The van der Waals surface area contributed by atoms with Gasteiger partial charge in [0.2, 0.25) is 0 Å². The summed E-state index contributed by atoms with van der Waals surface area (Å²) in [5.74, 6) is 0.771. The molecule has 4 rings (SSSR count). The Morgan fingerprint density at radius 1 is 1.28 bits per heavy atom. The van der Waals surface area contributed by atoms with Crippen molar-refractivity contribution in [3.63, 3.8) is 0 Å². The number of nitrogens with one attached hydrogen (secondary N) is 1. The van der Waals surface area contributed by atoms with E-state index in [9.17, 15) is 4.79 Å². The topological polar surface area (TPSA) is 83.2 Å². The molecule has 0 radical (unpaired) electrons. The lowest BCUT2D eigenvalue weighted by Crippen LogP contribution is -2.38. The molecule has 1 aliphatic rings. The highest BCUT2D eigenvalue weighted by atomic mass is 16.1. The van der Waals surface area contributed by atoms with Crippen LogP contribution < -0.4 is 5.73 Å². The van der Waals surface area contributed by atoms with Gasteiger partial charge in [0.1, 0.15) is 11.5 Å². The van der Waals surface area contributed by atoms with Gasteiger partial charge in [0.15, 0.2) is 0 Å². The Morgan fingerprint density at radius 2 is 2.09 bits per heavy atom. The Bertz CT molecular complexity index is 1070. The second-order valence-corrected chi connectivity index (χ2v) is 9.26. The number of nitrogens with two attached hydrogens (primary N) is 1. The number of carbonyl (C=O) groups is 1. The first kappa shape index (κ1) is 22.6. The number of aromatic nitrogens is 3. The van der Waals surface area contributed by atoms with Crippen LogP contribution in [0.4, 0.5) is 0 Å². The van der Waals surface area contributed by atoms with E-state index in [1.807, 2.05) is 0 Å². The van der Waals surface area contributed by atoms with Crippen molar-refractivity contribution in [2.24, 2.45) is 5.73 Å². The standard InChI is InChI=1S/C25H36N6O/c1-4-5-8-18(15-19-16-27-21-10-7-6-9-20(19)21)24-23(25(26)32)28-22-17-30(12-11-29(2)3)13-14-31(22)24/h6-7,9-10,16,18,27H,4-5,8,11-15,17H2,1-3H3,(H2,26,32). The first-order valence-corrected chi connectivity index (χ1v) is 11.8. The van der Waals surface area contributed by atoms with Gasteiger partial charge in [-0.3, -0.25) is 9.69 Å². The molecule has 0 aliphatic carbocycles. The van der Waals surface area contributed by atoms with Crippen LogP contribution in [0.2, 0.25) is 0 Å². The van der Waals surface area contributed by atoms with E-state index in [-0.39, 0.29) is 5.92 Å². The van der Waals surface area contributed by atoms with E-state index in [1.165, 1.54) is 10.9 Å². The molecule has 1 unspecified atom stereocenters. The smallest absolute Gasteiger partial charge is 0.269 e. The summed E-state index contributed by atoms with van der Waals surface area (Å²) in [7, 11) is 4.19. The van der Waals surface area contributed by atoms with E-state index in [2.05, 4.69) is 70.8 Å². The van der Waals surface area contributed by atoms with Crippen molar-refractivity contribution in [3.8, 4) is 0 Å². The number of carbonyl (C=O) groups excluding carboxylic acids is 1. The van der Waals surface area contributed by atoms with Gasteiger partial charge in [-0.15, -0.1) is 0 Å². The average molecular weight is 437 g/mol. The van der Waals surface area contributed by atoms with Crippen LogP contribution in [0.25, 0.3) is 10.9 Å². The maximum atomic E-state index is 12.4. The Morgan fingerprint density at radius 3 is 2.84 bits per heavy atom. The van der Waals surface area contributed by atoms with E-state index in [0.29, 0.717) is 5.69 Å². The number of likely N-dealkylation sites (N-methyl/N-ethyl adjacent to an activating group) is 1. The minimum atomic E-state index is -0.415. The molecule has 3 N–H and O–H groups in total. The van der Waals surface area contributed by atoms with Crippen molar-refractivity contribution in [2.75, 3.05) is 33.7 Å². The number of nitrogens with zero attached hydrogens (tertiary/aromatic N) is 4. The van der Waals surface area contributed by atoms with Crippen LogP contribution in [0.15, 0.2) is 30.5 Å². The third-order valence-electron chi connectivity index (χ3n) is 6.62. The van der Waals surface area contributed by atoms with Gasteiger partial charge in [0, 0.05) is 49.2 Å². The van der Waals surface area contributed by atoms with Crippen molar-refractivity contribution in [1.29, 1.82) is 0 Å². The number of aromatic amines is 1. The van der Waals surface area contributed by atoms with Crippen LogP contribution in [0.1, 0.15) is 59.7 Å². The average Bonchev–Trinajstić information content (AvgIpc) is 3.36. The molecule has 1 atom stereocenters. The molecule has 0 saturated carbocycles. The summed E-state index contributed by atoms with van der Waals surface area (Å²) in [4.78, 5) is 25.2. The summed E-state index contributed by atoms with van der Waals surface area (Å²) in [6.45, 7) is 6.81. The lowest BCUT2D eigenvalue weighted by molar-refractivity contribution is 0.0994. The predicted octanol–water partition coefficient (Wildman–Crippen LogP) is 3.36. The molecule has 32 heavy (non-hydrogen) atoms. The summed E-state index contributed by atoms with van der Waals surface area (Å²) >= 11 is 0. The number of imidazole rings is 1. The van der Waals surface area contributed by atoms with Gasteiger partial charge in [-0.25, -0.2) is 4.98 Å². The van der Waals surface area contributed by atoms with Crippen molar-refractivity contribution in [2.45, 2.75) is 51.6 Å². The van der Waals surface area contributed by atoms with Gasteiger partial charge in [-0.2, -0.15) is 0 Å². The highest BCUT2D eigenvalue weighted by Crippen LogP contribution is 2.33. The summed E-state index contributed by atoms with van der Waals surface area (Å²) in [5.41, 5.74) is 9.80. The third kappa shape index (κ3) is 4.74. The lowest BCUT2D eigenvalue weighted by Gasteiger charge is -2.30. The molecule has 1 aromatic carbocycles. The zero-order valence-corrected chi connectivity index (χ0v) is 19.6. The third-order valence-corrected chi connectivity index (χ3v) is 6.62. The van der Waals surface area contributed by atoms with E-state index < -0.39 is 5.91 Å². The molecule has 3 heterocycles. The maximum absolute atomic E-state index is 12.4. The number of fused-ring (bicyclic) bond motifs is 2. The van der Waals surface area contributed by atoms with Gasteiger partial charge in [0.25, 0.3) is 5.91 Å². The first-order chi connectivity index (χ1) is 15.5. The van der Waals surface area contributed by atoms with Crippen molar-refractivity contribution in [1.82, 2.24) is 24.3 Å². The summed E-state index contributed by atoms with van der Waals surface area (Å²) in [6.07, 6.45) is 6.24. The summed E-state index contributed by atoms with van der Waals surface area (Å²) in [6, 6.07) is 8.41. The van der Waals surface area contributed by atoms with Gasteiger partial charge >= 0.3 is 0 Å². The second kappa shape index (κ2) is 9.88. The zero-order chi connectivity index (χ0) is 22.7. The van der Waals surface area contributed by atoms with Gasteiger partial charge in [-0.05, 0) is 38.6 Å². The number of hydrogen-bond acceptors (Lipinski definition) is 4. The minimum Gasteiger partial charge on any atom is -0.364 e.